The third kappa shape index (κ3) is 1.91. The number of rotatable bonds is 4. The molecule has 0 aliphatic rings. The van der Waals surface area contributed by atoms with Crippen molar-refractivity contribution in [2.24, 2.45) is 5.73 Å². The first-order valence-electron chi connectivity index (χ1n) is 4.89. The van der Waals surface area contributed by atoms with Crippen molar-refractivity contribution in [3.05, 3.63) is 18.0 Å². The molecule has 0 aromatic carbocycles. The monoisotopic (exact) mass is 181 g/mol. The molecule has 0 saturated carbocycles. The first-order valence-corrected chi connectivity index (χ1v) is 4.89. The van der Waals surface area contributed by atoms with Crippen LogP contribution in [-0.4, -0.2) is 16.3 Å². The molecule has 3 nitrogen and oxygen atoms in total. The highest BCUT2D eigenvalue weighted by Crippen LogP contribution is 2.25. The molecule has 0 aliphatic carbocycles. The fraction of sp³-hybridized carbons (Fsp3) is 0.700. The van der Waals surface area contributed by atoms with Gasteiger partial charge in [0.2, 0.25) is 0 Å². The molecule has 0 spiro atoms. The van der Waals surface area contributed by atoms with Crippen molar-refractivity contribution in [2.45, 2.75) is 39.2 Å². The topological polar surface area (TPSA) is 43.8 Å². The minimum Gasteiger partial charge on any atom is -0.330 e. The van der Waals surface area contributed by atoms with E-state index >= 15 is 0 Å². The Balaban J connectivity index is 2.91. The van der Waals surface area contributed by atoms with Gasteiger partial charge in [-0.25, -0.2) is 0 Å². The minimum absolute atomic E-state index is 0.0907. The van der Waals surface area contributed by atoms with Crippen molar-refractivity contribution in [2.75, 3.05) is 6.54 Å². The molecular formula is C10H19N3. The van der Waals surface area contributed by atoms with Crippen molar-refractivity contribution in [3.63, 3.8) is 0 Å². The molecule has 1 aromatic rings. The number of aryl methyl sites for hydroxylation is 1. The number of hydrogen-bond acceptors (Lipinski definition) is 2. The molecule has 2 N–H and O–H groups in total. The summed E-state index contributed by atoms with van der Waals surface area (Å²) in [4.78, 5) is 0. The van der Waals surface area contributed by atoms with Gasteiger partial charge < -0.3 is 5.73 Å². The van der Waals surface area contributed by atoms with Crippen LogP contribution >= 0.6 is 0 Å². The summed E-state index contributed by atoms with van der Waals surface area (Å²) in [5, 5.41) is 4.26. The Kier molecular flexibility index (Phi) is 3.09. The van der Waals surface area contributed by atoms with Crippen molar-refractivity contribution >= 4 is 0 Å². The highest BCUT2D eigenvalue weighted by molar-refractivity contribution is 5.18. The predicted octanol–water partition coefficient (Wildman–Crippen LogP) is 1.53. The van der Waals surface area contributed by atoms with Gasteiger partial charge in [-0.2, -0.15) is 5.10 Å². The summed E-state index contributed by atoms with van der Waals surface area (Å²) in [7, 11) is 0. The second-order valence-corrected chi connectivity index (χ2v) is 3.70. The van der Waals surface area contributed by atoms with Gasteiger partial charge in [0.15, 0.2) is 0 Å². The average Bonchev–Trinajstić information content (AvgIpc) is 2.65. The Labute approximate surface area is 79.9 Å². The Morgan fingerprint density at radius 3 is 2.62 bits per heavy atom. The van der Waals surface area contributed by atoms with Crippen LogP contribution in [0.2, 0.25) is 0 Å². The van der Waals surface area contributed by atoms with E-state index in [9.17, 15) is 0 Å². The Morgan fingerprint density at radius 1 is 1.54 bits per heavy atom. The second-order valence-electron chi connectivity index (χ2n) is 3.70. The fourth-order valence-electron chi connectivity index (χ4n) is 1.31. The molecule has 1 heterocycles. The predicted molar refractivity (Wildman–Crippen MR) is 54.6 cm³/mol. The normalized spacial score (nSPS) is 15.7. The third-order valence-corrected chi connectivity index (χ3v) is 2.89. The number of aromatic nitrogens is 2. The average molecular weight is 181 g/mol. The van der Waals surface area contributed by atoms with E-state index in [-0.39, 0.29) is 5.41 Å². The lowest BCUT2D eigenvalue weighted by Crippen LogP contribution is -2.30. The Hall–Kier alpha value is -0.830. The SMILES string of the molecule is CCn1cc(C(C)(CC)CN)cn1. The third-order valence-electron chi connectivity index (χ3n) is 2.89. The molecule has 0 saturated heterocycles. The number of nitrogens with two attached hydrogens (primary N) is 1. The van der Waals surface area contributed by atoms with Crippen molar-refractivity contribution in [1.82, 2.24) is 9.78 Å². The van der Waals surface area contributed by atoms with Gasteiger partial charge in [-0.1, -0.05) is 13.8 Å². The van der Waals surface area contributed by atoms with E-state index in [1.165, 1.54) is 5.56 Å². The lowest BCUT2D eigenvalue weighted by atomic mass is 9.82. The molecule has 1 unspecified atom stereocenters. The molecule has 0 bridgehead atoms. The minimum atomic E-state index is 0.0907. The largest absolute Gasteiger partial charge is 0.330 e. The van der Waals surface area contributed by atoms with Crippen LogP contribution in [0.15, 0.2) is 12.4 Å². The van der Waals surface area contributed by atoms with Crippen molar-refractivity contribution in [1.29, 1.82) is 0 Å². The van der Waals surface area contributed by atoms with E-state index < -0.39 is 0 Å². The van der Waals surface area contributed by atoms with Crippen LogP contribution < -0.4 is 5.73 Å². The van der Waals surface area contributed by atoms with Crippen LogP contribution in [0.4, 0.5) is 0 Å². The van der Waals surface area contributed by atoms with Crippen LogP contribution in [0, 0.1) is 0 Å². The molecule has 1 aromatic heterocycles. The lowest BCUT2D eigenvalue weighted by molar-refractivity contribution is 0.466. The molecular weight excluding hydrogens is 162 g/mol. The quantitative estimate of drug-likeness (QED) is 0.765. The summed E-state index contributed by atoms with van der Waals surface area (Å²) < 4.78 is 1.94. The van der Waals surface area contributed by atoms with Gasteiger partial charge in [0, 0.05) is 24.7 Å². The van der Waals surface area contributed by atoms with Gasteiger partial charge in [-0.05, 0) is 18.9 Å². The summed E-state index contributed by atoms with van der Waals surface area (Å²) in [5.74, 6) is 0. The molecule has 0 radical (unpaired) electrons. The van der Waals surface area contributed by atoms with Crippen LogP contribution in [0.1, 0.15) is 32.8 Å². The zero-order valence-electron chi connectivity index (χ0n) is 8.75. The van der Waals surface area contributed by atoms with E-state index in [1.807, 2.05) is 10.9 Å². The van der Waals surface area contributed by atoms with E-state index in [0.29, 0.717) is 6.54 Å². The Bertz CT molecular complexity index is 261. The zero-order valence-corrected chi connectivity index (χ0v) is 8.75. The van der Waals surface area contributed by atoms with E-state index in [4.69, 9.17) is 5.73 Å². The second kappa shape index (κ2) is 3.92. The number of hydrogen-bond donors (Lipinski definition) is 1. The summed E-state index contributed by atoms with van der Waals surface area (Å²) in [6.45, 7) is 8.03. The molecule has 0 fully saturated rings. The molecule has 1 atom stereocenters. The van der Waals surface area contributed by atoms with E-state index in [2.05, 4.69) is 32.1 Å². The maximum Gasteiger partial charge on any atom is 0.0527 e. The maximum atomic E-state index is 5.76. The van der Waals surface area contributed by atoms with Crippen molar-refractivity contribution < 1.29 is 0 Å². The van der Waals surface area contributed by atoms with Gasteiger partial charge in [-0.3, -0.25) is 4.68 Å². The summed E-state index contributed by atoms with van der Waals surface area (Å²) in [6, 6.07) is 0. The van der Waals surface area contributed by atoms with Crippen LogP contribution in [0.5, 0.6) is 0 Å². The molecule has 74 valence electrons. The summed E-state index contributed by atoms with van der Waals surface area (Å²) in [5.41, 5.74) is 7.10. The first-order chi connectivity index (χ1) is 6.16. The summed E-state index contributed by atoms with van der Waals surface area (Å²) >= 11 is 0. The van der Waals surface area contributed by atoms with Crippen molar-refractivity contribution in [3.8, 4) is 0 Å². The molecule has 3 heteroatoms. The fourth-order valence-corrected chi connectivity index (χ4v) is 1.31. The van der Waals surface area contributed by atoms with Gasteiger partial charge in [0.05, 0.1) is 6.20 Å². The lowest BCUT2D eigenvalue weighted by Gasteiger charge is -2.24. The first kappa shape index (κ1) is 10.3. The summed E-state index contributed by atoms with van der Waals surface area (Å²) in [6.07, 6.45) is 5.08. The molecule has 0 amide bonds. The van der Waals surface area contributed by atoms with Crippen LogP contribution in [-0.2, 0) is 12.0 Å². The van der Waals surface area contributed by atoms with Crippen LogP contribution in [0.25, 0.3) is 0 Å². The van der Waals surface area contributed by atoms with Gasteiger partial charge in [0.1, 0.15) is 0 Å². The van der Waals surface area contributed by atoms with Gasteiger partial charge in [0.25, 0.3) is 0 Å². The Morgan fingerprint density at radius 2 is 2.23 bits per heavy atom. The smallest absolute Gasteiger partial charge is 0.0527 e. The van der Waals surface area contributed by atoms with E-state index in [1.54, 1.807) is 0 Å². The van der Waals surface area contributed by atoms with Gasteiger partial charge in [-0.15, -0.1) is 0 Å². The van der Waals surface area contributed by atoms with Crippen LogP contribution in [0.3, 0.4) is 0 Å². The standard InChI is InChI=1S/C10H19N3/c1-4-10(3,8-11)9-6-12-13(5-2)7-9/h6-7H,4-5,8,11H2,1-3H3. The zero-order chi connectivity index (χ0) is 9.90. The number of nitrogens with zero attached hydrogens (tertiary/aromatic N) is 2. The maximum absolute atomic E-state index is 5.76. The van der Waals surface area contributed by atoms with Gasteiger partial charge >= 0.3 is 0 Å². The van der Waals surface area contributed by atoms with E-state index in [0.717, 1.165) is 13.0 Å². The molecule has 1 rings (SSSR count). The molecule has 0 aliphatic heterocycles. The molecule has 13 heavy (non-hydrogen) atoms. The highest BCUT2D eigenvalue weighted by atomic mass is 15.3. The highest BCUT2D eigenvalue weighted by Gasteiger charge is 2.23.